The molecule has 0 amide bonds. The first-order valence-corrected chi connectivity index (χ1v) is 23.7. The zero-order valence-electron chi connectivity index (χ0n) is 38.1. The Hall–Kier alpha value is -9.04. The minimum absolute atomic E-state index is 1.07. The number of hydrogen-bond acceptors (Lipinski definition) is 1. The molecule has 0 heterocycles. The molecule has 0 atom stereocenters. The third-order valence-corrected chi connectivity index (χ3v) is 13.5. The predicted octanol–water partition coefficient (Wildman–Crippen LogP) is 19.1. The Bertz CT molecular complexity index is 3720. The van der Waals surface area contributed by atoms with Crippen LogP contribution in [0.4, 0.5) is 17.1 Å². The Labute approximate surface area is 404 Å². The average Bonchev–Trinajstić information content (AvgIpc) is 3.44. The minimum Gasteiger partial charge on any atom is -0.310 e. The maximum Gasteiger partial charge on any atom is 0.0540 e. The fourth-order valence-electron chi connectivity index (χ4n) is 10.2. The molecule has 0 radical (unpaired) electrons. The molecule has 0 fully saturated rings. The first-order valence-electron chi connectivity index (χ1n) is 23.7. The SMILES string of the molecule is c1ccc(-c2ccc(-c3ccc(N(c4ccc5c(c4)c(-c4ccccc4)c(-c4ccccc4)c4ccccc45)c4ccc(-c5ccccc5)cc4-c4ccccc4)cc3)c(-c3ccccc3)c2)cc1. The molecule has 69 heavy (non-hydrogen) atoms. The largest absolute Gasteiger partial charge is 0.310 e. The van der Waals surface area contributed by atoms with Gasteiger partial charge in [-0.25, -0.2) is 0 Å². The summed E-state index contributed by atoms with van der Waals surface area (Å²) in [7, 11) is 0. The van der Waals surface area contributed by atoms with Crippen molar-refractivity contribution in [3.8, 4) is 77.9 Å². The highest BCUT2D eigenvalue weighted by Gasteiger charge is 2.23. The number of benzene rings is 12. The van der Waals surface area contributed by atoms with Gasteiger partial charge in [0.05, 0.1) is 5.69 Å². The number of hydrogen-bond donors (Lipinski definition) is 0. The second-order valence-electron chi connectivity index (χ2n) is 17.6. The van der Waals surface area contributed by atoms with Gasteiger partial charge >= 0.3 is 0 Å². The Morgan fingerprint density at radius 3 is 1.12 bits per heavy atom. The maximum absolute atomic E-state index is 2.46. The molecule has 12 rings (SSSR count). The highest BCUT2D eigenvalue weighted by molar-refractivity contribution is 6.22. The summed E-state index contributed by atoms with van der Waals surface area (Å²) in [6.07, 6.45) is 0. The molecule has 0 aliphatic heterocycles. The number of nitrogens with zero attached hydrogens (tertiary/aromatic N) is 1. The second kappa shape index (κ2) is 18.3. The van der Waals surface area contributed by atoms with E-state index in [4.69, 9.17) is 0 Å². The smallest absolute Gasteiger partial charge is 0.0540 e. The van der Waals surface area contributed by atoms with Crippen LogP contribution >= 0.6 is 0 Å². The van der Waals surface area contributed by atoms with E-state index in [1.807, 2.05) is 0 Å². The zero-order chi connectivity index (χ0) is 45.9. The van der Waals surface area contributed by atoms with E-state index in [-0.39, 0.29) is 0 Å². The van der Waals surface area contributed by atoms with Crippen molar-refractivity contribution in [1.29, 1.82) is 0 Å². The van der Waals surface area contributed by atoms with E-state index in [0.717, 1.165) is 33.8 Å². The van der Waals surface area contributed by atoms with Crippen LogP contribution < -0.4 is 4.90 Å². The second-order valence-corrected chi connectivity index (χ2v) is 17.6. The van der Waals surface area contributed by atoms with Gasteiger partial charge in [0.2, 0.25) is 0 Å². The van der Waals surface area contributed by atoms with Crippen molar-refractivity contribution >= 4 is 38.6 Å². The van der Waals surface area contributed by atoms with Gasteiger partial charge in [-0.05, 0) is 136 Å². The van der Waals surface area contributed by atoms with Crippen molar-refractivity contribution in [3.05, 3.63) is 285 Å². The van der Waals surface area contributed by atoms with Crippen LogP contribution in [0.15, 0.2) is 285 Å². The molecule has 0 saturated heterocycles. The van der Waals surface area contributed by atoms with Gasteiger partial charge < -0.3 is 4.90 Å². The van der Waals surface area contributed by atoms with Crippen molar-refractivity contribution < 1.29 is 0 Å². The molecular formula is C68H47N. The van der Waals surface area contributed by atoms with Crippen LogP contribution in [0.1, 0.15) is 0 Å². The topological polar surface area (TPSA) is 3.24 Å². The van der Waals surface area contributed by atoms with Crippen molar-refractivity contribution in [3.63, 3.8) is 0 Å². The van der Waals surface area contributed by atoms with Gasteiger partial charge in [0.25, 0.3) is 0 Å². The summed E-state index contributed by atoms with van der Waals surface area (Å²) in [6, 6.07) is 104. The van der Waals surface area contributed by atoms with Crippen LogP contribution in [-0.2, 0) is 0 Å². The summed E-state index contributed by atoms with van der Waals surface area (Å²) in [5.41, 5.74) is 19.9. The molecule has 1 nitrogen and oxygen atoms in total. The highest BCUT2D eigenvalue weighted by atomic mass is 15.1. The third-order valence-electron chi connectivity index (χ3n) is 13.5. The van der Waals surface area contributed by atoms with Gasteiger partial charge in [0, 0.05) is 16.9 Å². The highest BCUT2D eigenvalue weighted by Crippen LogP contribution is 2.49. The number of rotatable bonds is 10. The first-order chi connectivity index (χ1) is 34.2. The maximum atomic E-state index is 2.46. The lowest BCUT2D eigenvalue weighted by molar-refractivity contribution is 1.29. The molecule has 0 aliphatic rings. The van der Waals surface area contributed by atoms with Crippen LogP contribution in [0, 0.1) is 0 Å². The fraction of sp³-hybridized carbons (Fsp3) is 0. The summed E-state index contributed by atoms with van der Waals surface area (Å²) in [6.45, 7) is 0. The molecule has 0 saturated carbocycles. The van der Waals surface area contributed by atoms with Crippen LogP contribution in [0.25, 0.3) is 99.4 Å². The monoisotopic (exact) mass is 877 g/mol. The number of fused-ring (bicyclic) bond motifs is 3. The average molecular weight is 878 g/mol. The van der Waals surface area contributed by atoms with E-state index in [9.17, 15) is 0 Å². The molecule has 0 unspecified atom stereocenters. The van der Waals surface area contributed by atoms with Crippen LogP contribution in [-0.4, -0.2) is 0 Å². The van der Waals surface area contributed by atoms with Crippen molar-refractivity contribution in [2.24, 2.45) is 0 Å². The molecule has 12 aromatic rings. The standard InChI is InChI=1S/C68H47N/c1-7-21-48(22-8-1)55-37-42-59(63(45-55)50-25-11-3-12-26-50)52-35-39-57(40-36-52)69(66-44-38-56(49-23-9-2-10-24-49)46-64(66)51-27-13-4-14-28-51)58-41-43-61-60-33-19-20-34-62(60)67(53-29-15-5-16-30-53)68(65(61)47-58)54-31-17-6-18-32-54/h1-47H. The summed E-state index contributed by atoms with van der Waals surface area (Å²) in [5, 5.41) is 4.90. The van der Waals surface area contributed by atoms with Crippen molar-refractivity contribution in [2.75, 3.05) is 4.90 Å². The van der Waals surface area contributed by atoms with Crippen LogP contribution in [0.2, 0.25) is 0 Å². The van der Waals surface area contributed by atoms with E-state index in [2.05, 4.69) is 290 Å². The lowest BCUT2D eigenvalue weighted by atomic mass is 9.85. The Morgan fingerprint density at radius 1 is 0.188 bits per heavy atom. The summed E-state index contributed by atoms with van der Waals surface area (Å²) < 4.78 is 0. The molecule has 324 valence electrons. The summed E-state index contributed by atoms with van der Waals surface area (Å²) in [5.74, 6) is 0. The Morgan fingerprint density at radius 2 is 0.565 bits per heavy atom. The van der Waals surface area contributed by atoms with Crippen molar-refractivity contribution in [2.45, 2.75) is 0 Å². The normalized spacial score (nSPS) is 11.2. The Kier molecular flexibility index (Phi) is 11.0. The molecule has 0 spiro atoms. The fourth-order valence-corrected chi connectivity index (χ4v) is 10.2. The quantitative estimate of drug-likeness (QED) is 0.124. The van der Waals surface area contributed by atoms with Gasteiger partial charge in [-0.15, -0.1) is 0 Å². The molecule has 1 heteroatoms. The molecular weight excluding hydrogens is 831 g/mol. The van der Waals surface area contributed by atoms with Gasteiger partial charge in [0.15, 0.2) is 0 Å². The van der Waals surface area contributed by atoms with E-state index in [1.165, 1.54) is 82.7 Å². The zero-order valence-corrected chi connectivity index (χ0v) is 38.1. The molecule has 12 aromatic carbocycles. The van der Waals surface area contributed by atoms with Gasteiger partial charge in [0.1, 0.15) is 0 Å². The van der Waals surface area contributed by atoms with Crippen LogP contribution in [0.5, 0.6) is 0 Å². The molecule has 0 bridgehead atoms. The Balaban J connectivity index is 1.10. The summed E-state index contributed by atoms with van der Waals surface area (Å²) in [4.78, 5) is 2.46. The summed E-state index contributed by atoms with van der Waals surface area (Å²) >= 11 is 0. The molecule has 0 N–H and O–H groups in total. The van der Waals surface area contributed by atoms with E-state index in [1.54, 1.807) is 0 Å². The molecule has 0 aromatic heterocycles. The van der Waals surface area contributed by atoms with Gasteiger partial charge in [-0.3, -0.25) is 0 Å². The van der Waals surface area contributed by atoms with E-state index >= 15 is 0 Å². The minimum atomic E-state index is 1.07. The first kappa shape index (κ1) is 41.4. The van der Waals surface area contributed by atoms with E-state index < -0.39 is 0 Å². The van der Waals surface area contributed by atoms with Gasteiger partial charge in [-0.2, -0.15) is 0 Å². The third kappa shape index (κ3) is 7.97. The lowest BCUT2D eigenvalue weighted by Gasteiger charge is -2.29. The molecule has 0 aliphatic carbocycles. The van der Waals surface area contributed by atoms with E-state index in [0.29, 0.717) is 0 Å². The lowest BCUT2D eigenvalue weighted by Crippen LogP contribution is -2.11. The van der Waals surface area contributed by atoms with Crippen molar-refractivity contribution in [1.82, 2.24) is 0 Å². The van der Waals surface area contributed by atoms with Gasteiger partial charge in [-0.1, -0.05) is 243 Å². The van der Waals surface area contributed by atoms with Crippen LogP contribution in [0.3, 0.4) is 0 Å². The predicted molar refractivity (Wildman–Crippen MR) is 294 cm³/mol. The number of anilines is 3.